The minimum Gasteiger partial charge on any atom is -0.756 e. The van der Waals surface area contributed by atoms with Crippen LogP contribution in [0.15, 0.2) is 67.8 Å². The van der Waals surface area contributed by atoms with Crippen molar-refractivity contribution in [2.75, 3.05) is 13.2 Å². The molecule has 2 aromatic rings. The van der Waals surface area contributed by atoms with Crippen LogP contribution in [0.25, 0.3) is 16.4 Å². The van der Waals surface area contributed by atoms with Gasteiger partial charge in [-0.2, -0.15) is 5.70 Å². The number of aliphatic hydroxyl groups excluding tert-OH is 2. The van der Waals surface area contributed by atoms with Crippen molar-refractivity contribution in [2.24, 2.45) is 94.7 Å². The Labute approximate surface area is 545 Å². The third kappa shape index (κ3) is 14.1. The average molecular weight is 1350 g/mol. The molecule has 30 heteroatoms. The molecule has 28 nitrogen and oxygen atoms in total. The number of phosphoric ester groups is 1. The van der Waals surface area contributed by atoms with Gasteiger partial charge in [-0.1, -0.05) is 40.7 Å². The summed E-state index contributed by atoms with van der Waals surface area (Å²) in [7, 11) is -5.32. The van der Waals surface area contributed by atoms with E-state index >= 15 is 0 Å². The van der Waals surface area contributed by atoms with Gasteiger partial charge in [0.05, 0.1) is 41.3 Å². The van der Waals surface area contributed by atoms with Gasteiger partial charge in [0.2, 0.25) is 41.4 Å². The van der Waals surface area contributed by atoms with E-state index in [0.717, 1.165) is 11.1 Å². The van der Waals surface area contributed by atoms with Gasteiger partial charge in [-0.25, -0.2) is 4.98 Å². The topological polar surface area (TPSA) is 496 Å². The molecule has 7 heterocycles. The summed E-state index contributed by atoms with van der Waals surface area (Å²) in [6, 6.07) is 2.65. The Morgan fingerprint density at radius 1 is 0.793 bits per heavy atom. The Balaban J connectivity index is 0.00000672. The zero-order valence-electron chi connectivity index (χ0n) is 54.0. The number of aliphatic imine (C=N–C) groups is 3. The normalized spacial score (nSPS) is 33.5. The smallest absolute Gasteiger partial charge is 0.268 e. The van der Waals surface area contributed by atoms with Crippen molar-refractivity contribution in [1.29, 1.82) is 0 Å². The minimum absolute atomic E-state index is 0. The molecule has 509 valence electrons. The number of carbonyl (C=O) groups excluding carboxylic acids is 7. The number of hydrogen-bond acceptors (Lipinski definition) is 18. The molecule has 0 aliphatic carbocycles. The zero-order chi connectivity index (χ0) is 66.7. The first-order chi connectivity index (χ1) is 41.8. The van der Waals surface area contributed by atoms with Crippen LogP contribution in [0.2, 0.25) is 0 Å². The van der Waals surface area contributed by atoms with Crippen LogP contribution < -0.4 is 44.6 Å². The number of carbonyl (C=O) groups is 7. The van der Waals surface area contributed by atoms with E-state index in [9.17, 15) is 53.2 Å². The van der Waals surface area contributed by atoms with Crippen LogP contribution in [0, 0.1) is 59.2 Å². The quantitative estimate of drug-likeness (QED) is 0.0611. The predicted octanol–water partition coefficient (Wildman–Crippen LogP) is 2.49. The number of nitrogens with one attached hydrogen (secondary N) is 1. The number of primary amides is 6. The Morgan fingerprint density at radius 2 is 1.38 bits per heavy atom. The number of hydrogen-bond donors (Lipinski definition) is 9. The van der Waals surface area contributed by atoms with Gasteiger partial charge in [0, 0.05) is 125 Å². The summed E-state index contributed by atoms with van der Waals surface area (Å²) in [5.41, 5.74) is 36.7. The minimum atomic E-state index is -5.32. The molecule has 1 unspecified atom stereocenters. The van der Waals surface area contributed by atoms with Crippen LogP contribution in [-0.2, 0) is 68.7 Å². The summed E-state index contributed by atoms with van der Waals surface area (Å²) < 4.78 is 31.9. The third-order valence-electron chi connectivity index (χ3n) is 20.5. The van der Waals surface area contributed by atoms with E-state index in [1.54, 1.807) is 6.92 Å². The van der Waals surface area contributed by atoms with E-state index < -0.39 is 143 Å². The fourth-order valence-corrected chi connectivity index (χ4v) is 16.4. The van der Waals surface area contributed by atoms with Crippen molar-refractivity contribution in [3.8, 4) is 0 Å². The number of benzene rings is 1. The van der Waals surface area contributed by atoms with Crippen LogP contribution in [0.4, 0.5) is 0 Å². The molecule has 1 radical (unpaired) electrons. The molecule has 92 heavy (non-hydrogen) atoms. The number of rotatable bonds is 26. The molecule has 8 bridgehead atoms. The summed E-state index contributed by atoms with van der Waals surface area (Å²) >= 11 is 0. The second-order valence-corrected chi connectivity index (χ2v) is 28.3. The van der Waals surface area contributed by atoms with Crippen LogP contribution in [0.3, 0.4) is 0 Å². The van der Waals surface area contributed by atoms with Crippen LogP contribution in [0.5, 0.6) is 0 Å². The molecule has 0 spiro atoms. The summed E-state index contributed by atoms with van der Waals surface area (Å²) in [6.07, 6.45) is -4.79. The first kappa shape index (κ1) is 74.5. The Bertz CT molecular complexity index is 3550. The molecule has 17 N–H and O–H groups in total. The molecule has 2 fully saturated rings. The maximum absolute atomic E-state index is 14.4. The van der Waals surface area contributed by atoms with Crippen molar-refractivity contribution in [2.45, 2.75) is 189 Å². The molecule has 6 aliphatic rings. The number of amides is 7. The zero-order valence-corrected chi connectivity index (χ0v) is 55.9. The van der Waals surface area contributed by atoms with Crippen molar-refractivity contribution in [3.63, 3.8) is 0 Å². The van der Waals surface area contributed by atoms with Gasteiger partial charge in [0.15, 0.2) is 6.23 Å². The van der Waals surface area contributed by atoms with E-state index in [-0.39, 0.29) is 99.4 Å². The molecular formula is C62H90CoN13O15P-2. The van der Waals surface area contributed by atoms with Gasteiger partial charge in [0.25, 0.3) is 7.82 Å². The van der Waals surface area contributed by atoms with Crippen LogP contribution in [0.1, 0.15) is 150 Å². The molecule has 0 saturated carbocycles. The molecule has 6 aliphatic heterocycles. The molecule has 2 saturated heterocycles. The summed E-state index contributed by atoms with van der Waals surface area (Å²) in [5.74, 6) is -7.40. The van der Waals surface area contributed by atoms with Gasteiger partial charge in [-0.15, -0.1) is 0 Å². The van der Waals surface area contributed by atoms with Gasteiger partial charge >= 0.3 is 0 Å². The largest absolute Gasteiger partial charge is 0.756 e. The summed E-state index contributed by atoms with van der Waals surface area (Å²) in [5, 5.41) is 30.1. The number of aryl methyl sites for hydroxylation is 2. The number of fused-ring (bicyclic) bond motifs is 7. The number of nitrogens with two attached hydrogens (primary N) is 6. The van der Waals surface area contributed by atoms with Gasteiger partial charge in [0.1, 0.15) is 18.3 Å². The van der Waals surface area contributed by atoms with Crippen molar-refractivity contribution < 1.29 is 89.3 Å². The summed E-state index contributed by atoms with van der Waals surface area (Å²) in [4.78, 5) is 128. The van der Waals surface area contributed by atoms with E-state index in [1.807, 2.05) is 80.5 Å². The number of aliphatic hydroxyl groups is 2. The van der Waals surface area contributed by atoms with Gasteiger partial charge in [-0.3, -0.25) is 53.1 Å². The Morgan fingerprint density at radius 3 is 1.96 bits per heavy atom. The number of allylic oxidation sites excluding steroid dienone is 6. The van der Waals surface area contributed by atoms with Crippen molar-refractivity contribution in [3.05, 3.63) is 69.2 Å². The standard InChI is InChI=1S/C62H90N13O14P.Co.H2O/c1-29-20-39-40(21-30(29)2)75(28-70-39)57-52(84)53(41(27-76)87-57)89-90(85,86)88-31(3)26-69-49(83)18-19-59(8)37(22-46(66)80)56-62(11)61(10,25-48(68)82)36(14-17-45(65)79)51(74-62)33(5)55-60(9,24-47(67)81)34(12-15-43(63)77)38(71-55)23-42-58(6,7)35(13-16-44(64)78)50(72-42)32(4)54(59)73-56;;/h20-21,23,28,31,34-37,41,52-53,56-57,76,84H,12-19,22,24-27H2,1-11H3,(H15,63,64,65,66,67,68,69,71,72,73,74,77,78,79,80,81,82,83,85,86);;1H2/p-2/t31-,34-,35-,36-,37+,41-,52-,53-,56-,57+,59-,60+,61+,62+;;/m1../s1. The average Bonchev–Trinajstić information content (AvgIpc) is 1.53. The number of ether oxygens (including phenoxy) is 1. The monoisotopic (exact) mass is 1350 g/mol. The number of phosphoric acid groups is 1. The molecular weight excluding hydrogens is 1260 g/mol. The number of imidazole rings is 1. The van der Waals surface area contributed by atoms with E-state index in [0.29, 0.717) is 56.4 Å². The fraction of sp³-hybridized carbons (Fsp3) is 0.629. The maximum atomic E-state index is 14.4. The van der Waals surface area contributed by atoms with Crippen molar-refractivity contribution >= 4 is 77.3 Å². The summed E-state index contributed by atoms with van der Waals surface area (Å²) in [6.45, 7) is 19.0. The second-order valence-electron chi connectivity index (χ2n) is 27.0. The first-order valence-corrected chi connectivity index (χ1v) is 32.0. The fourth-order valence-electron chi connectivity index (χ4n) is 15.3. The maximum Gasteiger partial charge on any atom is 0.268 e. The molecule has 15 atom stereocenters. The third-order valence-corrected chi connectivity index (χ3v) is 21.6. The number of aromatic nitrogens is 2. The van der Waals surface area contributed by atoms with E-state index in [4.69, 9.17) is 68.5 Å². The SMILES string of the molecule is C/C1=C2/[N-][C@H]([C@H](CC(N)=O)[C@@]2(C)CCC(=O)NC[C@@H](C)OP(=O)([O-])O[C@H]2[C@@H](O)[C@@H](n3cnc4cc(C)c(C)cc43)O[C@@H]2CO)[C@]2(C)N=C(/C(C)=C3N=C(/C=C4N=C1[C@@H](CCC(N)=O)C\4(C)C)[C@@H](CCC(N)=O)[C@]\3(C)CC(N)=O)[C@@H](CCC(N)=O)[C@]2(C)CC(N)=O.O.[Co]. The van der Waals surface area contributed by atoms with Gasteiger partial charge < -0.3 is 84.0 Å². The molecule has 7 amide bonds. The molecule has 8 rings (SSSR count). The molecule has 1 aromatic carbocycles. The van der Waals surface area contributed by atoms with Gasteiger partial charge in [-0.05, 0) is 119 Å². The first-order valence-electron chi connectivity index (χ1n) is 30.5. The Kier molecular flexibility index (Phi) is 22.5. The number of nitrogens with zero attached hydrogens (tertiary/aromatic N) is 6. The molecule has 1 aromatic heterocycles. The van der Waals surface area contributed by atoms with E-state index in [2.05, 4.69) is 10.3 Å². The van der Waals surface area contributed by atoms with E-state index in [1.165, 1.54) is 17.8 Å². The Hall–Kier alpha value is -6.53. The van der Waals surface area contributed by atoms with Crippen molar-refractivity contribution in [1.82, 2.24) is 14.9 Å². The second kappa shape index (κ2) is 27.8. The van der Waals surface area contributed by atoms with Crippen LogP contribution >= 0.6 is 7.82 Å². The predicted molar refractivity (Wildman–Crippen MR) is 335 cm³/mol. The van der Waals surface area contributed by atoms with Crippen LogP contribution in [-0.4, -0.2) is 133 Å².